The summed E-state index contributed by atoms with van der Waals surface area (Å²) in [7, 11) is 2.05. The fraction of sp³-hybridized carbons (Fsp3) is 0.500. The molecule has 2 N–H and O–H groups in total. The Morgan fingerprint density at radius 2 is 2.18 bits per heavy atom. The van der Waals surface area contributed by atoms with Crippen LogP contribution in [0, 0.1) is 0 Å². The number of rotatable bonds is 6. The highest BCUT2D eigenvalue weighted by Crippen LogP contribution is 2.15. The predicted octanol–water partition coefficient (Wildman–Crippen LogP) is 2.57. The number of H-pyrrole nitrogens is 1. The van der Waals surface area contributed by atoms with E-state index < -0.39 is 0 Å². The van der Waals surface area contributed by atoms with E-state index in [2.05, 4.69) is 30.5 Å². The maximum absolute atomic E-state index is 10.9. The van der Waals surface area contributed by atoms with E-state index in [-0.39, 0.29) is 5.43 Å². The number of thioether (sulfide) groups is 1. The number of nitrogens with one attached hydrogen (secondary N) is 2. The number of aromatic nitrogens is 2. The van der Waals surface area contributed by atoms with Gasteiger partial charge in [-0.15, -0.1) is 0 Å². The van der Waals surface area contributed by atoms with Gasteiger partial charge in [0.25, 0.3) is 0 Å². The summed E-state index contributed by atoms with van der Waals surface area (Å²) in [4.78, 5) is 21.2. The number of nitrogens with zero attached hydrogens (tertiary/aromatic N) is 1. The van der Waals surface area contributed by atoms with Gasteiger partial charge >= 0.3 is 0 Å². The van der Waals surface area contributed by atoms with Gasteiger partial charge in [0, 0.05) is 23.9 Å². The fourth-order valence-electron chi connectivity index (χ4n) is 1.91. The summed E-state index contributed by atoms with van der Waals surface area (Å²) in [6.07, 6.45) is 6.93. The molecule has 1 atom stereocenters. The molecule has 0 spiro atoms. The number of carbonyl (C=O) groups excluding carboxylic acids is 1. The lowest BCUT2D eigenvalue weighted by Gasteiger charge is -2.27. The summed E-state index contributed by atoms with van der Waals surface area (Å²) in [5.41, 5.74) is 1.46. The minimum atomic E-state index is -0.0635. The van der Waals surface area contributed by atoms with Gasteiger partial charge in [-0.25, -0.2) is 0 Å². The summed E-state index contributed by atoms with van der Waals surface area (Å²) in [6, 6.07) is 4.51. The third-order valence-corrected chi connectivity index (χ3v) is 4.49. The van der Waals surface area contributed by atoms with E-state index in [0.29, 0.717) is 23.0 Å². The Bertz CT molecular complexity index is 644. The second-order valence-electron chi connectivity index (χ2n) is 5.39. The largest absolute Gasteiger partial charge is 0.315 e. The molecule has 0 radical (unpaired) electrons. The first-order valence-corrected chi connectivity index (χ1v) is 8.72. The Labute approximate surface area is 135 Å². The van der Waals surface area contributed by atoms with Crippen LogP contribution in [0.2, 0.25) is 0 Å². The molecule has 122 valence electrons. The van der Waals surface area contributed by atoms with E-state index in [1.165, 1.54) is 30.7 Å². The third-order valence-electron chi connectivity index (χ3n) is 3.88. The van der Waals surface area contributed by atoms with E-state index in [1.807, 2.05) is 18.8 Å². The standard InChI is InChI=1S/C8H6N2O2.C8H19NS/c11-5-6-3-7-4-8(12)1-2-10(7)9-6;1-5-8(2,9-3)6-7-10-4/h1-5,9H;9H,5-7H2,1-4H3. The van der Waals surface area contributed by atoms with E-state index in [4.69, 9.17) is 0 Å². The monoisotopic (exact) mass is 323 g/mol. The van der Waals surface area contributed by atoms with Crippen LogP contribution in [0.4, 0.5) is 0 Å². The first-order chi connectivity index (χ1) is 10.5. The normalized spacial score (nSPS) is 13.3. The number of hydrogen-bond donors (Lipinski definition) is 2. The number of pyridine rings is 1. The molecule has 2 aromatic rings. The SMILES string of the molecule is CCC(C)(CCSC)NC.O=Cc1cc2cc(=O)ccn2[nH]1. The van der Waals surface area contributed by atoms with Crippen LogP contribution in [0.1, 0.15) is 37.2 Å². The molecule has 2 rings (SSSR count). The molecule has 6 heteroatoms. The van der Waals surface area contributed by atoms with Crippen LogP contribution in [0.25, 0.3) is 5.52 Å². The van der Waals surface area contributed by atoms with E-state index in [1.54, 1.807) is 16.8 Å². The molecule has 0 saturated heterocycles. The zero-order valence-corrected chi connectivity index (χ0v) is 14.5. The van der Waals surface area contributed by atoms with Gasteiger partial charge in [0.15, 0.2) is 11.7 Å². The van der Waals surface area contributed by atoms with Crippen LogP contribution in [-0.2, 0) is 0 Å². The molecule has 0 saturated carbocycles. The molecule has 0 fully saturated rings. The second kappa shape index (κ2) is 8.80. The molecule has 0 aliphatic carbocycles. The van der Waals surface area contributed by atoms with Crippen LogP contribution in [-0.4, -0.2) is 40.5 Å². The first kappa shape index (κ1) is 18.5. The molecule has 22 heavy (non-hydrogen) atoms. The van der Waals surface area contributed by atoms with Crippen LogP contribution in [0.3, 0.4) is 0 Å². The Morgan fingerprint density at radius 3 is 2.73 bits per heavy atom. The van der Waals surface area contributed by atoms with Gasteiger partial charge in [0.05, 0.1) is 11.2 Å². The molecule has 2 aromatic heterocycles. The number of fused-ring (bicyclic) bond motifs is 1. The fourth-order valence-corrected chi connectivity index (χ4v) is 2.56. The van der Waals surface area contributed by atoms with Crippen LogP contribution >= 0.6 is 11.8 Å². The van der Waals surface area contributed by atoms with Gasteiger partial charge in [-0.05, 0) is 44.9 Å². The van der Waals surface area contributed by atoms with Gasteiger partial charge in [0.2, 0.25) is 0 Å². The Balaban J connectivity index is 0.000000225. The van der Waals surface area contributed by atoms with Gasteiger partial charge in [0.1, 0.15) is 0 Å². The molecule has 0 bridgehead atoms. The van der Waals surface area contributed by atoms with Crippen molar-refractivity contribution in [3.63, 3.8) is 0 Å². The molecule has 2 heterocycles. The lowest BCUT2D eigenvalue weighted by atomic mass is 9.96. The Kier molecular flexibility index (Phi) is 7.41. The summed E-state index contributed by atoms with van der Waals surface area (Å²) < 4.78 is 1.62. The smallest absolute Gasteiger partial charge is 0.182 e. The van der Waals surface area contributed by atoms with Crippen molar-refractivity contribution in [3.8, 4) is 0 Å². The first-order valence-electron chi connectivity index (χ1n) is 7.32. The van der Waals surface area contributed by atoms with Gasteiger partial charge in [-0.1, -0.05) is 6.92 Å². The second-order valence-corrected chi connectivity index (χ2v) is 6.38. The topological polar surface area (TPSA) is 66.4 Å². The van der Waals surface area contributed by atoms with E-state index >= 15 is 0 Å². The van der Waals surface area contributed by atoms with Crippen molar-refractivity contribution in [2.75, 3.05) is 19.1 Å². The maximum Gasteiger partial charge on any atom is 0.182 e. The number of aromatic amines is 1. The van der Waals surface area contributed by atoms with E-state index in [9.17, 15) is 9.59 Å². The van der Waals surface area contributed by atoms with Crippen molar-refractivity contribution < 1.29 is 4.79 Å². The predicted molar refractivity (Wildman–Crippen MR) is 94.2 cm³/mol. The number of hydrogen-bond acceptors (Lipinski definition) is 4. The quantitative estimate of drug-likeness (QED) is 0.802. The highest BCUT2D eigenvalue weighted by molar-refractivity contribution is 7.98. The highest BCUT2D eigenvalue weighted by atomic mass is 32.2. The maximum atomic E-state index is 10.9. The molecule has 5 nitrogen and oxygen atoms in total. The minimum Gasteiger partial charge on any atom is -0.315 e. The molecule has 0 aliphatic rings. The molecule has 0 aromatic carbocycles. The highest BCUT2D eigenvalue weighted by Gasteiger charge is 2.17. The molecular weight excluding hydrogens is 298 g/mol. The molecule has 0 aliphatic heterocycles. The Hall–Kier alpha value is -1.53. The summed E-state index contributed by atoms with van der Waals surface area (Å²) in [6.45, 7) is 4.51. The van der Waals surface area contributed by atoms with Crippen molar-refractivity contribution in [2.45, 2.75) is 32.2 Å². The lowest BCUT2D eigenvalue weighted by Crippen LogP contribution is -2.39. The number of carbonyl (C=O) groups is 1. The van der Waals surface area contributed by atoms with Gasteiger partial charge in [-0.2, -0.15) is 11.8 Å². The molecule has 1 unspecified atom stereocenters. The average molecular weight is 323 g/mol. The lowest BCUT2D eigenvalue weighted by molar-refractivity contribution is 0.111. The van der Waals surface area contributed by atoms with Gasteiger partial charge < -0.3 is 5.32 Å². The summed E-state index contributed by atoms with van der Waals surface area (Å²) in [5.74, 6) is 1.26. The van der Waals surface area contributed by atoms with Crippen LogP contribution in [0.5, 0.6) is 0 Å². The van der Waals surface area contributed by atoms with Crippen molar-refractivity contribution in [2.24, 2.45) is 0 Å². The van der Waals surface area contributed by atoms with E-state index in [0.717, 1.165) is 0 Å². The van der Waals surface area contributed by atoms with Crippen LogP contribution in [0.15, 0.2) is 29.2 Å². The zero-order valence-electron chi connectivity index (χ0n) is 13.7. The molecular formula is C16H25N3O2S. The number of aldehydes is 1. The summed E-state index contributed by atoms with van der Waals surface area (Å²) >= 11 is 1.92. The van der Waals surface area contributed by atoms with Crippen molar-refractivity contribution in [1.29, 1.82) is 0 Å². The van der Waals surface area contributed by atoms with Gasteiger partial charge in [-0.3, -0.25) is 19.2 Å². The zero-order chi connectivity index (χ0) is 16.6. The average Bonchev–Trinajstić information content (AvgIpc) is 2.95. The third kappa shape index (κ3) is 5.35. The van der Waals surface area contributed by atoms with Crippen molar-refractivity contribution >= 4 is 23.6 Å². The van der Waals surface area contributed by atoms with Crippen LogP contribution < -0.4 is 10.7 Å². The van der Waals surface area contributed by atoms with Crippen molar-refractivity contribution in [1.82, 2.24) is 14.9 Å². The Morgan fingerprint density at radius 1 is 1.45 bits per heavy atom. The molecule has 0 amide bonds. The minimum absolute atomic E-state index is 0.0635. The van der Waals surface area contributed by atoms with Crippen molar-refractivity contribution in [3.05, 3.63) is 40.3 Å². The summed E-state index contributed by atoms with van der Waals surface area (Å²) in [5, 5.41) is 6.13.